The van der Waals surface area contributed by atoms with Gasteiger partial charge in [-0.3, -0.25) is 5.10 Å². The van der Waals surface area contributed by atoms with Crippen molar-refractivity contribution in [3.05, 3.63) is 72.6 Å². The van der Waals surface area contributed by atoms with Crippen molar-refractivity contribution in [3.8, 4) is 11.1 Å². The summed E-state index contributed by atoms with van der Waals surface area (Å²) in [6.45, 7) is 0.239. The van der Waals surface area contributed by atoms with E-state index in [-0.39, 0.29) is 6.54 Å². The lowest BCUT2D eigenvalue weighted by Crippen LogP contribution is -2.29. The molecule has 1 heterocycles. The summed E-state index contributed by atoms with van der Waals surface area (Å²) in [5.74, 6) is 0. The summed E-state index contributed by atoms with van der Waals surface area (Å²) in [6, 6.07) is 16.3. The second-order valence-electron chi connectivity index (χ2n) is 5.14. The maximum absolute atomic E-state index is 12.2. The molecule has 3 aromatic rings. The Labute approximate surface area is 138 Å². The van der Waals surface area contributed by atoms with Crippen LogP contribution in [0.1, 0.15) is 5.56 Å². The number of carbonyl (C=O) groups is 1. The Morgan fingerprint density at radius 2 is 1.88 bits per heavy atom. The maximum Gasteiger partial charge on any atom is 0.343 e. The summed E-state index contributed by atoms with van der Waals surface area (Å²) in [5.41, 5.74) is 10.7. The lowest BCUT2D eigenvalue weighted by atomic mass is 10.1. The SMILES string of the molecule is N=NN(Cc1ccccc1)C(=O)Nc1ccc(-c2cn[nH]c2)cc1. The van der Waals surface area contributed by atoms with Gasteiger partial charge in [0, 0.05) is 17.4 Å². The van der Waals surface area contributed by atoms with Crippen molar-refractivity contribution in [1.29, 1.82) is 5.53 Å². The van der Waals surface area contributed by atoms with Crippen molar-refractivity contribution in [2.24, 2.45) is 5.22 Å². The minimum absolute atomic E-state index is 0.239. The third kappa shape index (κ3) is 3.64. The van der Waals surface area contributed by atoms with E-state index in [0.717, 1.165) is 21.7 Å². The molecule has 0 atom stereocenters. The summed E-state index contributed by atoms with van der Waals surface area (Å²) in [7, 11) is 0. The Bertz CT molecular complexity index is 799. The summed E-state index contributed by atoms with van der Waals surface area (Å²) in [4.78, 5) is 12.2. The van der Waals surface area contributed by atoms with Gasteiger partial charge in [-0.25, -0.2) is 4.79 Å². The van der Waals surface area contributed by atoms with E-state index < -0.39 is 6.03 Å². The van der Waals surface area contributed by atoms with E-state index in [1.807, 2.05) is 42.5 Å². The number of aromatic amines is 1. The Morgan fingerprint density at radius 1 is 1.12 bits per heavy atom. The number of amides is 2. The summed E-state index contributed by atoms with van der Waals surface area (Å²) in [5, 5.41) is 13.8. The van der Waals surface area contributed by atoms with E-state index in [2.05, 4.69) is 20.7 Å². The number of benzene rings is 2. The molecule has 0 saturated heterocycles. The zero-order valence-electron chi connectivity index (χ0n) is 12.8. The highest BCUT2D eigenvalue weighted by Crippen LogP contribution is 2.20. The summed E-state index contributed by atoms with van der Waals surface area (Å²) < 4.78 is 0. The average molecular weight is 320 g/mol. The molecular weight excluding hydrogens is 304 g/mol. The van der Waals surface area contributed by atoms with Crippen LogP contribution in [-0.2, 0) is 6.54 Å². The molecule has 3 rings (SSSR count). The van der Waals surface area contributed by atoms with Crippen molar-refractivity contribution < 1.29 is 4.79 Å². The van der Waals surface area contributed by atoms with Crippen LogP contribution in [0.2, 0.25) is 0 Å². The number of hydrogen-bond acceptors (Lipinski definition) is 4. The van der Waals surface area contributed by atoms with Gasteiger partial charge in [0.2, 0.25) is 0 Å². The first-order valence-corrected chi connectivity index (χ1v) is 7.35. The molecule has 7 heteroatoms. The van der Waals surface area contributed by atoms with Gasteiger partial charge in [0.25, 0.3) is 0 Å². The van der Waals surface area contributed by atoms with Crippen LogP contribution < -0.4 is 5.32 Å². The molecule has 0 bridgehead atoms. The monoisotopic (exact) mass is 320 g/mol. The maximum atomic E-state index is 12.2. The first-order valence-electron chi connectivity index (χ1n) is 7.35. The van der Waals surface area contributed by atoms with Crippen LogP contribution in [0.25, 0.3) is 11.1 Å². The van der Waals surface area contributed by atoms with Gasteiger partial charge in [0.15, 0.2) is 0 Å². The van der Waals surface area contributed by atoms with E-state index in [4.69, 9.17) is 5.53 Å². The molecule has 0 aliphatic heterocycles. The predicted octanol–water partition coefficient (Wildman–Crippen LogP) is 4.06. The fraction of sp³-hybridized carbons (Fsp3) is 0.0588. The van der Waals surface area contributed by atoms with Crippen LogP contribution in [0, 0.1) is 5.53 Å². The van der Waals surface area contributed by atoms with Gasteiger partial charge in [-0.15, -0.1) is 0 Å². The van der Waals surface area contributed by atoms with E-state index >= 15 is 0 Å². The molecule has 7 nitrogen and oxygen atoms in total. The zero-order valence-corrected chi connectivity index (χ0v) is 12.8. The molecule has 0 radical (unpaired) electrons. The second kappa shape index (κ2) is 7.19. The molecule has 0 saturated carbocycles. The van der Waals surface area contributed by atoms with Gasteiger partial charge in [0.05, 0.1) is 12.7 Å². The average Bonchev–Trinajstić information content (AvgIpc) is 3.16. The number of nitrogens with zero attached hydrogens (tertiary/aromatic N) is 3. The van der Waals surface area contributed by atoms with Gasteiger partial charge < -0.3 is 5.32 Å². The second-order valence-corrected chi connectivity index (χ2v) is 5.14. The van der Waals surface area contributed by atoms with Crippen LogP contribution in [-0.4, -0.2) is 21.2 Å². The van der Waals surface area contributed by atoms with Crippen molar-refractivity contribution in [2.45, 2.75) is 6.54 Å². The van der Waals surface area contributed by atoms with Gasteiger partial charge in [-0.05, 0) is 23.3 Å². The van der Waals surface area contributed by atoms with Gasteiger partial charge >= 0.3 is 6.03 Å². The Hall–Kier alpha value is -3.48. The summed E-state index contributed by atoms with van der Waals surface area (Å²) >= 11 is 0. The lowest BCUT2D eigenvalue weighted by molar-refractivity contribution is 0.205. The molecule has 0 spiro atoms. The third-order valence-corrected chi connectivity index (χ3v) is 3.50. The van der Waals surface area contributed by atoms with E-state index in [0.29, 0.717) is 5.69 Å². The predicted molar refractivity (Wildman–Crippen MR) is 90.2 cm³/mol. The molecule has 24 heavy (non-hydrogen) atoms. The summed E-state index contributed by atoms with van der Waals surface area (Å²) in [6.07, 6.45) is 3.53. The van der Waals surface area contributed by atoms with Gasteiger partial charge in [-0.1, -0.05) is 47.7 Å². The zero-order chi connectivity index (χ0) is 16.8. The Kier molecular flexibility index (Phi) is 4.62. The standard InChI is InChI=1S/C17H16N6O/c18-22-23(12-13-4-2-1-3-5-13)17(24)21-16-8-6-14(7-9-16)15-10-19-20-11-15/h1-11,18H,12H2,(H,19,20)(H,21,24). The fourth-order valence-corrected chi connectivity index (χ4v) is 2.25. The molecular formula is C17H16N6O. The minimum atomic E-state index is -0.454. The van der Waals surface area contributed by atoms with Crippen molar-refractivity contribution in [3.63, 3.8) is 0 Å². The topological polar surface area (TPSA) is 97.2 Å². The van der Waals surface area contributed by atoms with Crippen molar-refractivity contribution >= 4 is 11.7 Å². The van der Waals surface area contributed by atoms with Crippen LogP contribution in [0.15, 0.2) is 72.2 Å². The first-order chi connectivity index (χ1) is 11.8. The first kappa shape index (κ1) is 15.4. The molecule has 0 unspecified atom stereocenters. The molecule has 0 aliphatic rings. The smallest absolute Gasteiger partial charge is 0.306 e. The molecule has 0 fully saturated rings. The molecule has 0 aliphatic carbocycles. The number of hydrogen-bond donors (Lipinski definition) is 3. The highest BCUT2D eigenvalue weighted by molar-refractivity contribution is 5.89. The largest absolute Gasteiger partial charge is 0.343 e. The number of aromatic nitrogens is 2. The number of nitrogens with one attached hydrogen (secondary N) is 3. The van der Waals surface area contributed by atoms with Gasteiger partial charge in [-0.2, -0.15) is 15.6 Å². The molecule has 2 amide bonds. The van der Waals surface area contributed by atoms with Crippen molar-refractivity contribution in [1.82, 2.24) is 15.2 Å². The number of H-pyrrole nitrogens is 1. The Balaban J connectivity index is 1.65. The normalized spacial score (nSPS) is 10.2. The van der Waals surface area contributed by atoms with E-state index in [9.17, 15) is 4.79 Å². The number of rotatable bonds is 5. The quantitative estimate of drug-likeness (QED) is 0.488. The molecule has 2 aromatic carbocycles. The highest BCUT2D eigenvalue weighted by Gasteiger charge is 2.13. The Morgan fingerprint density at radius 3 is 2.50 bits per heavy atom. The van der Waals surface area contributed by atoms with E-state index in [1.54, 1.807) is 24.5 Å². The lowest BCUT2D eigenvalue weighted by Gasteiger charge is -2.16. The molecule has 120 valence electrons. The molecule has 3 N–H and O–H groups in total. The number of urea groups is 1. The fourth-order valence-electron chi connectivity index (χ4n) is 2.25. The van der Waals surface area contributed by atoms with Crippen molar-refractivity contribution in [2.75, 3.05) is 5.32 Å². The van der Waals surface area contributed by atoms with Crippen LogP contribution in [0.5, 0.6) is 0 Å². The highest BCUT2D eigenvalue weighted by atomic mass is 16.2. The number of carbonyl (C=O) groups excluding carboxylic acids is 1. The van der Waals surface area contributed by atoms with E-state index in [1.165, 1.54) is 0 Å². The van der Waals surface area contributed by atoms with Gasteiger partial charge in [0.1, 0.15) is 0 Å². The van der Waals surface area contributed by atoms with Crippen LogP contribution in [0.3, 0.4) is 0 Å². The minimum Gasteiger partial charge on any atom is -0.306 e. The van der Waals surface area contributed by atoms with Crippen LogP contribution in [0.4, 0.5) is 10.5 Å². The number of anilines is 1. The molecule has 1 aromatic heterocycles. The van der Waals surface area contributed by atoms with Crippen LogP contribution >= 0.6 is 0 Å². The third-order valence-electron chi connectivity index (χ3n) is 3.50.